The van der Waals surface area contributed by atoms with E-state index in [0.29, 0.717) is 0 Å². The summed E-state index contributed by atoms with van der Waals surface area (Å²) in [5.74, 6) is 3.06. The second-order valence-corrected chi connectivity index (χ2v) is 6.36. The average molecular weight is 222 g/mol. The molecular formula is C14H26N2. The van der Waals surface area contributed by atoms with E-state index in [1.54, 1.807) is 0 Å². The molecule has 0 amide bonds. The number of piperidine rings is 1. The molecule has 2 heteroatoms. The van der Waals surface area contributed by atoms with Crippen molar-refractivity contribution in [3.05, 3.63) is 0 Å². The SMILES string of the molecule is CN1CCC(CNC(C2CC2)C2CC2)CC1. The molecule has 1 saturated heterocycles. The van der Waals surface area contributed by atoms with Crippen molar-refractivity contribution in [2.45, 2.75) is 44.6 Å². The topological polar surface area (TPSA) is 15.3 Å². The Hall–Kier alpha value is -0.0800. The largest absolute Gasteiger partial charge is 0.313 e. The summed E-state index contributed by atoms with van der Waals surface area (Å²) in [5, 5.41) is 3.91. The van der Waals surface area contributed by atoms with Crippen molar-refractivity contribution in [1.82, 2.24) is 10.2 Å². The Bertz CT molecular complexity index is 213. The minimum Gasteiger partial charge on any atom is -0.313 e. The molecule has 0 unspecified atom stereocenters. The Morgan fingerprint density at radius 2 is 1.56 bits per heavy atom. The molecular weight excluding hydrogens is 196 g/mol. The van der Waals surface area contributed by atoms with E-state index in [9.17, 15) is 0 Å². The Morgan fingerprint density at radius 3 is 2.06 bits per heavy atom. The maximum absolute atomic E-state index is 3.91. The number of hydrogen-bond donors (Lipinski definition) is 1. The van der Waals surface area contributed by atoms with Gasteiger partial charge < -0.3 is 10.2 Å². The van der Waals surface area contributed by atoms with E-state index >= 15 is 0 Å². The highest BCUT2D eigenvalue weighted by Gasteiger charge is 2.41. The quantitative estimate of drug-likeness (QED) is 0.766. The van der Waals surface area contributed by atoms with Crippen molar-refractivity contribution in [3.63, 3.8) is 0 Å². The van der Waals surface area contributed by atoms with Crippen LogP contribution in [0.25, 0.3) is 0 Å². The minimum absolute atomic E-state index is 0.902. The van der Waals surface area contributed by atoms with Crippen LogP contribution in [0.4, 0.5) is 0 Å². The van der Waals surface area contributed by atoms with Gasteiger partial charge in [0.05, 0.1) is 0 Å². The van der Waals surface area contributed by atoms with E-state index in [0.717, 1.165) is 23.8 Å². The van der Waals surface area contributed by atoms with Crippen molar-refractivity contribution in [1.29, 1.82) is 0 Å². The average Bonchev–Trinajstić information content (AvgIpc) is 3.15. The number of rotatable bonds is 5. The zero-order valence-corrected chi connectivity index (χ0v) is 10.6. The summed E-state index contributed by atoms with van der Waals surface area (Å²) in [5.41, 5.74) is 0. The highest BCUT2D eigenvalue weighted by atomic mass is 15.1. The molecule has 16 heavy (non-hydrogen) atoms. The molecule has 0 aromatic carbocycles. The third kappa shape index (κ3) is 2.78. The molecule has 1 N–H and O–H groups in total. The fraction of sp³-hybridized carbons (Fsp3) is 1.00. The summed E-state index contributed by atoms with van der Waals surface area (Å²) >= 11 is 0. The van der Waals surface area contributed by atoms with Crippen molar-refractivity contribution in [3.8, 4) is 0 Å². The summed E-state index contributed by atoms with van der Waals surface area (Å²) in [6.07, 6.45) is 8.82. The molecule has 0 spiro atoms. The van der Waals surface area contributed by atoms with E-state index in [1.165, 1.54) is 58.2 Å². The van der Waals surface area contributed by atoms with Gasteiger partial charge in [0.25, 0.3) is 0 Å². The molecule has 0 bridgehead atoms. The Kier molecular flexibility index (Phi) is 3.21. The molecule has 0 atom stereocenters. The fourth-order valence-corrected chi connectivity index (χ4v) is 3.20. The summed E-state index contributed by atoms with van der Waals surface area (Å²) in [4.78, 5) is 2.47. The van der Waals surface area contributed by atoms with Gasteiger partial charge in [-0.3, -0.25) is 0 Å². The predicted octanol–water partition coefficient (Wildman–Crippen LogP) is 2.11. The smallest absolute Gasteiger partial charge is 0.0124 e. The molecule has 3 rings (SSSR count). The Morgan fingerprint density at radius 1 is 1.00 bits per heavy atom. The highest BCUT2D eigenvalue weighted by Crippen LogP contribution is 2.44. The third-order valence-corrected chi connectivity index (χ3v) is 4.74. The maximum atomic E-state index is 3.91. The van der Waals surface area contributed by atoms with Gasteiger partial charge >= 0.3 is 0 Å². The Balaban J connectivity index is 1.41. The van der Waals surface area contributed by atoms with Crippen molar-refractivity contribution < 1.29 is 0 Å². The lowest BCUT2D eigenvalue weighted by Gasteiger charge is -2.30. The molecule has 3 fully saturated rings. The second kappa shape index (κ2) is 4.66. The van der Waals surface area contributed by atoms with Crippen LogP contribution >= 0.6 is 0 Å². The van der Waals surface area contributed by atoms with Crippen LogP contribution in [0.1, 0.15) is 38.5 Å². The lowest BCUT2D eigenvalue weighted by atomic mass is 9.96. The standard InChI is InChI=1S/C14H26N2/c1-16-8-6-11(7-9-16)10-15-14(12-2-3-12)13-4-5-13/h11-15H,2-10H2,1H3. The lowest BCUT2D eigenvalue weighted by molar-refractivity contribution is 0.209. The van der Waals surface area contributed by atoms with Gasteiger partial charge in [-0.2, -0.15) is 0 Å². The van der Waals surface area contributed by atoms with Gasteiger partial charge in [-0.15, -0.1) is 0 Å². The zero-order valence-electron chi connectivity index (χ0n) is 10.6. The third-order valence-electron chi connectivity index (χ3n) is 4.74. The molecule has 92 valence electrons. The first kappa shape index (κ1) is 11.0. The monoisotopic (exact) mass is 222 g/mol. The van der Waals surface area contributed by atoms with Gasteiger partial charge in [0.2, 0.25) is 0 Å². The van der Waals surface area contributed by atoms with Gasteiger partial charge in [-0.25, -0.2) is 0 Å². The van der Waals surface area contributed by atoms with Crippen LogP contribution in [-0.4, -0.2) is 37.6 Å². The summed E-state index contributed by atoms with van der Waals surface area (Å²) in [6, 6.07) is 0.902. The second-order valence-electron chi connectivity index (χ2n) is 6.36. The lowest BCUT2D eigenvalue weighted by Crippen LogP contribution is -2.40. The Labute approximate surface area is 99.8 Å². The summed E-state index contributed by atoms with van der Waals surface area (Å²) < 4.78 is 0. The molecule has 2 aliphatic carbocycles. The zero-order chi connectivity index (χ0) is 11.0. The van der Waals surface area contributed by atoms with Crippen LogP contribution in [0.15, 0.2) is 0 Å². The van der Waals surface area contributed by atoms with Crippen LogP contribution < -0.4 is 5.32 Å². The van der Waals surface area contributed by atoms with Gasteiger partial charge in [-0.1, -0.05) is 0 Å². The van der Waals surface area contributed by atoms with Crippen LogP contribution in [0.5, 0.6) is 0 Å². The molecule has 1 aliphatic heterocycles. The molecule has 2 saturated carbocycles. The maximum Gasteiger partial charge on any atom is 0.0124 e. The fourth-order valence-electron chi connectivity index (χ4n) is 3.20. The summed E-state index contributed by atoms with van der Waals surface area (Å²) in [7, 11) is 2.25. The highest BCUT2D eigenvalue weighted by molar-refractivity contribution is 4.96. The van der Waals surface area contributed by atoms with Crippen molar-refractivity contribution in [2.75, 3.05) is 26.7 Å². The van der Waals surface area contributed by atoms with E-state index in [2.05, 4.69) is 17.3 Å². The van der Waals surface area contributed by atoms with Gasteiger partial charge in [0, 0.05) is 6.04 Å². The first-order valence-electron chi connectivity index (χ1n) is 7.25. The van der Waals surface area contributed by atoms with Gasteiger partial charge in [-0.05, 0) is 83.0 Å². The van der Waals surface area contributed by atoms with E-state index < -0.39 is 0 Å². The summed E-state index contributed by atoms with van der Waals surface area (Å²) in [6.45, 7) is 3.92. The van der Waals surface area contributed by atoms with Gasteiger partial charge in [0.1, 0.15) is 0 Å². The van der Waals surface area contributed by atoms with E-state index in [4.69, 9.17) is 0 Å². The molecule has 0 aromatic heterocycles. The molecule has 0 radical (unpaired) electrons. The van der Waals surface area contributed by atoms with E-state index in [1.807, 2.05) is 0 Å². The van der Waals surface area contributed by atoms with Crippen molar-refractivity contribution in [2.24, 2.45) is 17.8 Å². The molecule has 1 heterocycles. The van der Waals surface area contributed by atoms with Crippen LogP contribution in [0.3, 0.4) is 0 Å². The minimum atomic E-state index is 0.902. The van der Waals surface area contributed by atoms with E-state index in [-0.39, 0.29) is 0 Å². The van der Waals surface area contributed by atoms with Crippen LogP contribution in [0, 0.1) is 17.8 Å². The van der Waals surface area contributed by atoms with Crippen LogP contribution in [-0.2, 0) is 0 Å². The van der Waals surface area contributed by atoms with Gasteiger partial charge in [0.15, 0.2) is 0 Å². The first-order valence-corrected chi connectivity index (χ1v) is 7.25. The number of nitrogens with one attached hydrogen (secondary N) is 1. The molecule has 3 aliphatic rings. The van der Waals surface area contributed by atoms with Crippen LogP contribution in [0.2, 0.25) is 0 Å². The predicted molar refractivity (Wildman–Crippen MR) is 67.5 cm³/mol. The normalized spacial score (nSPS) is 28.9. The molecule has 2 nitrogen and oxygen atoms in total. The number of hydrogen-bond acceptors (Lipinski definition) is 2. The number of likely N-dealkylation sites (tertiary alicyclic amines) is 1. The molecule has 0 aromatic rings. The van der Waals surface area contributed by atoms with Crippen molar-refractivity contribution >= 4 is 0 Å². The first-order chi connectivity index (χ1) is 7.83. The number of nitrogens with zero attached hydrogens (tertiary/aromatic N) is 1.